The number of aromatic nitrogens is 3. The molecule has 0 radical (unpaired) electrons. The minimum absolute atomic E-state index is 0.173. The van der Waals surface area contributed by atoms with Gasteiger partial charge in [-0.3, -0.25) is 4.98 Å². The Morgan fingerprint density at radius 2 is 1.57 bits per heavy atom. The van der Waals surface area contributed by atoms with Crippen molar-refractivity contribution in [1.82, 2.24) is 14.4 Å². The SMILES string of the molecule is [BH3-]c1c(C)nc2c(C)nc(C)c(C)n12. The molecule has 2 heterocycles. The van der Waals surface area contributed by atoms with Crippen LogP contribution in [0.1, 0.15) is 22.8 Å². The second-order valence-electron chi connectivity index (χ2n) is 3.34. The number of nitrogens with zero attached hydrogens (tertiary/aromatic N) is 3. The summed E-state index contributed by atoms with van der Waals surface area (Å²) in [6.07, 6.45) is 0. The summed E-state index contributed by atoms with van der Waals surface area (Å²) in [6.45, 7) is 8.33. The highest BCUT2D eigenvalue weighted by atomic mass is 15.1. The van der Waals surface area contributed by atoms with Gasteiger partial charge in [-0.15, -0.1) is 5.59 Å². The summed E-state index contributed by atoms with van der Waals surface area (Å²) in [5, 5.41) is 0. The van der Waals surface area contributed by atoms with Gasteiger partial charge in [-0.2, -0.15) is 0 Å². The third-order valence-corrected chi connectivity index (χ3v) is 2.28. The van der Waals surface area contributed by atoms with Crippen molar-refractivity contribution in [1.29, 1.82) is 0 Å². The summed E-state index contributed by atoms with van der Waals surface area (Å²) < 4.78 is 2.30. The van der Waals surface area contributed by atoms with Gasteiger partial charge in [-0.05, 0) is 27.7 Å². The van der Waals surface area contributed by atoms with Gasteiger partial charge in [-0.1, -0.05) is 0 Å². The van der Waals surface area contributed by atoms with Crippen LogP contribution in [0.25, 0.3) is 5.65 Å². The maximum Gasteiger partial charge on any atom is 0.155 e. The normalized spacial score (nSPS) is 11.2. The Balaban J connectivity index is 3.03. The van der Waals surface area contributed by atoms with Gasteiger partial charge in [-0.25, -0.2) is 4.98 Å². The van der Waals surface area contributed by atoms with Gasteiger partial charge in [0.2, 0.25) is 0 Å². The van der Waals surface area contributed by atoms with Crippen molar-refractivity contribution in [3.8, 4) is 0 Å². The van der Waals surface area contributed by atoms with E-state index in [-0.39, 0.29) is 7.85 Å². The first kappa shape index (κ1) is 9.25. The second-order valence-corrected chi connectivity index (χ2v) is 3.34. The van der Waals surface area contributed by atoms with E-state index >= 15 is 0 Å². The number of hydrogen-bond donors (Lipinski definition) is 0. The van der Waals surface area contributed by atoms with Crippen LogP contribution in [0.15, 0.2) is 0 Å². The fraction of sp³-hybridized carbons (Fsp3) is 0.400. The van der Waals surface area contributed by atoms with Crippen molar-refractivity contribution >= 4 is 19.1 Å². The molecule has 14 heavy (non-hydrogen) atoms. The van der Waals surface area contributed by atoms with E-state index in [2.05, 4.69) is 35.1 Å². The molecular formula is C10H15BN3-. The number of imidazole rings is 1. The third kappa shape index (κ3) is 1.06. The third-order valence-electron chi connectivity index (χ3n) is 2.28. The summed E-state index contributed by atoms with van der Waals surface area (Å²) in [7, 11) is 0.173. The molecule has 2 rings (SSSR count). The summed E-state index contributed by atoms with van der Waals surface area (Å²) in [5.74, 6) is 0. The topological polar surface area (TPSA) is 30.2 Å². The van der Waals surface area contributed by atoms with E-state index in [1.165, 1.54) is 17.0 Å². The molecule has 0 saturated heterocycles. The minimum atomic E-state index is 0.173. The quantitative estimate of drug-likeness (QED) is 0.543. The van der Waals surface area contributed by atoms with Crippen LogP contribution in [-0.4, -0.2) is 22.2 Å². The molecular weight excluding hydrogens is 173 g/mol. The molecule has 0 aromatic carbocycles. The molecule has 2 aromatic heterocycles. The maximum absolute atomic E-state index is 4.58. The van der Waals surface area contributed by atoms with E-state index < -0.39 is 0 Å². The van der Waals surface area contributed by atoms with Gasteiger partial charge < -0.3 is 4.40 Å². The van der Waals surface area contributed by atoms with Gasteiger partial charge in [0, 0.05) is 19.2 Å². The van der Waals surface area contributed by atoms with E-state index in [1.807, 2.05) is 6.92 Å². The Bertz CT molecular complexity index is 514. The standard InChI is InChI=1S/C10H15BN3/c1-5-8(4)14-9(11)6(2)13-10(14)7(3)12-5/h1-4,11H3/q-1. The van der Waals surface area contributed by atoms with Crippen LogP contribution in [0.5, 0.6) is 0 Å². The Morgan fingerprint density at radius 1 is 0.929 bits per heavy atom. The molecule has 0 aliphatic carbocycles. The van der Waals surface area contributed by atoms with Crippen LogP contribution in [0.2, 0.25) is 0 Å². The van der Waals surface area contributed by atoms with Crippen LogP contribution in [0, 0.1) is 27.7 Å². The minimum Gasteiger partial charge on any atom is -0.338 e. The fourth-order valence-corrected chi connectivity index (χ4v) is 1.48. The highest BCUT2D eigenvalue weighted by Gasteiger charge is 2.08. The summed E-state index contributed by atoms with van der Waals surface area (Å²) in [5.41, 5.74) is 7.12. The molecule has 0 N–H and O–H groups in total. The molecule has 0 spiro atoms. The van der Waals surface area contributed by atoms with Crippen LogP contribution in [-0.2, 0) is 0 Å². The Labute approximate surface area is 84.6 Å². The van der Waals surface area contributed by atoms with E-state index in [9.17, 15) is 0 Å². The Morgan fingerprint density at radius 3 is 2.21 bits per heavy atom. The molecule has 0 atom stereocenters. The van der Waals surface area contributed by atoms with Crippen LogP contribution < -0.4 is 5.59 Å². The van der Waals surface area contributed by atoms with Crippen molar-refractivity contribution in [2.75, 3.05) is 0 Å². The van der Waals surface area contributed by atoms with Gasteiger partial charge in [0.05, 0.1) is 11.4 Å². The monoisotopic (exact) mass is 188 g/mol. The lowest BCUT2D eigenvalue weighted by Crippen LogP contribution is -2.16. The molecule has 0 fully saturated rings. The van der Waals surface area contributed by atoms with Crippen molar-refractivity contribution in [2.24, 2.45) is 0 Å². The average Bonchev–Trinajstić information content (AvgIpc) is 2.41. The lowest BCUT2D eigenvalue weighted by Gasteiger charge is -2.09. The molecule has 2 aromatic rings. The van der Waals surface area contributed by atoms with Gasteiger partial charge in [0.25, 0.3) is 0 Å². The van der Waals surface area contributed by atoms with Gasteiger partial charge in [0.15, 0.2) is 5.65 Å². The van der Waals surface area contributed by atoms with Crippen molar-refractivity contribution < 1.29 is 0 Å². The van der Waals surface area contributed by atoms with E-state index in [4.69, 9.17) is 0 Å². The molecule has 3 nitrogen and oxygen atoms in total. The first-order valence-corrected chi connectivity index (χ1v) is 4.32. The number of fused-ring (bicyclic) bond motifs is 1. The van der Waals surface area contributed by atoms with Crippen LogP contribution in [0.4, 0.5) is 0 Å². The maximum atomic E-state index is 4.58. The van der Waals surface area contributed by atoms with Crippen LogP contribution >= 0.6 is 0 Å². The van der Waals surface area contributed by atoms with Crippen molar-refractivity contribution in [3.63, 3.8) is 0 Å². The summed E-state index contributed by atoms with van der Waals surface area (Å²) >= 11 is 0. The predicted octanol–water partition coefficient (Wildman–Crippen LogP) is -0.0463. The van der Waals surface area contributed by atoms with Crippen molar-refractivity contribution in [3.05, 3.63) is 22.8 Å². The molecule has 0 bridgehead atoms. The first-order chi connectivity index (χ1) is 6.52. The molecule has 0 aliphatic rings. The number of hydrogen-bond acceptors (Lipinski definition) is 2. The molecule has 0 aliphatic heterocycles. The summed E-state index contributed by atoms with van der Waals surface area (Å²) in [4.78, 5) is 9.08. The zero-order chi connectivity index (χ0) is 10.5. The van der Waals surface area contributed by atoms with Gasteiger partial charge >= 0.3 is 0 Å². The first-order valence-electron chi connectivity index (χ1n) is 4.32. The Kier molecular flexibility index (Phi) is 1.87. The van der Waals surface area contributed by atoms with Crippen LogP contribution in [0.3, 0.4) is 0 Å². The zero-order valence-corrected chi connectivity index (χ0v) is 8.34. The second kappa shape index (κ2) is 2.84. The molecule has 0 saturated carbocycles. The average molecular weight is 188 g/mol. The molecule has 0 unspecified atom stereocenters. The van der Waals surface area contributed by atoms with E-state index in [0.29, 0.717) is 0 Å². The fourth-order valence-electron chi connectivity index (χ4n) is 1.48. The smallest absolute Gasteiger partial charge is 0.155 e. The lowest BCUT2D eigenvalue weighted by molar-refractivity contribution is 0.981. The predicted molar refractivity (Wildman–Crippen MR) is 61.5 cm³/mol. The Hall–Kier alpha value is -1.32. The number of rotatable bonds is 0. The largest absolute Gasteiger partial charge is 0.338 e. The van der Waals surface area contributed by atoms with E-state index in [0.717, 1.165) is 17.0 Å². The zero-order valence-electron chi connectivity index (χ0n) is 8.34. The highest BCUT2D eigenvalue weighted by Crippen LogP contribution is 2.11. The molecule has 74 valence electrons. The van der Waals surface area contributed by atoms with Crippen molar-refractivity contribution in [2.45, 2.75) is 27.7 Å². The number of aryl methyl sites for hydroxylation is 4. The lowest BCUT2D eigenvalue weighted by atomic mass is 10.0. The molecule has 0 amide bonds. The summed E-state index contributed by atoms with van der Waals surface area (Å²) in [6, 6.07) is 0. The highest BCUT2D eigenvalue weighted by molar-refractivity contribution is 6.32. The van der Waals surface area contributed by atoms with E-state index in [1.54, 1.807) is 0 Å². The van der Waals surface area contributed by atoms with Gasteiger partial charge in [0.1, 0.15) is 0 Å². The molecule has 4 heteroatoms.